The maximum atomic E-state index is 10.5. The molecule has 2 bridgehead atoms. The molecular formula is C21H25N7O. The van der Waals surface area contributed by atoms with Crippen molar-refractivity contribution in [1.29, 1.82) is 0 Å². The fourth-order valence-electron chi connectivity index (χ4n) is 4.62. The van der Waals surface area contributed by atoms with Gasteiger partial charge in [0, 0.05) is 36.8 Å². The predicted molar refractivity (Wildman–Crippen MR) is 110 cm³/mol. The van der Waals surface area contributed by atoms with E-state index in [4.69, 9.17) is 0 Å². The molecule has 0 saturated carbocycles. The molecule has 3 aromatic rings. The number of anilines is 1. The Bertz CT molecular complexity index is 961. The zero-order valence-electron chi connectivity index (χ0n) is 16.4. The summed E-state index contributed by atoms with van der Waals surface area (Å²) >= 11 is 0. The summed E-state index contributed by atoms with van der Waals surface area (Å²) in [5.41, 5.74) is 2.03. The highest BCUT2D eigenvalue weighted by atomic mass is 16.3. The topological polar surface area (TPSA) is 92.0 Å². The summed E-state index contributed by atoms with van der Waals surface area (Å²) in [5.74, 6) is 1.01. The van der Waals surface area contributed by atoms with Gasteiger partial charge in [0.05, 0.1) is 23.8 Å². The lowest BCUT2D eigenvalue weighted by atomic mass is 9.83. The molecule has 2 saturated heterocycles. The lowest BCUT2D eigenvalue weighted by Crippen LogP contribution is -2.54. The van der Waals surface area contributed by atoms with Gasteiger partial charge in [-0.3, -0.25) is 0 Å². The summed E-state index contributed by atoms with van der Waals surface area (Å²) in [4.78, 5) is 2.26. The largest absolute Gasteiger partial charge is 0.507 e. The molecule has 2 fully saturated rings. The van der Waals surface area contributed by atoms with Gasteiger partial charge < -0.3 is 15.3 Å². The van der Waals surface area contributed by atoms with Gasteiger partial charge in [-0.25, -0.2) is 4.68 Å². The molecule has 2 aliphatic rings. The highest BCUT2D eigenvalue weighted by molar-refractivity contribution is 5.68. The quantitative estimate of drug-likeness (QED) is 0.706. The minimum absolute atomic E-state index is 0.139. The lowest BCUT2D eigenvalue weighted by Gasteiger charge is -2.43. The van der Waals surface area contributed by atoms with Crippen LogP contribution in [0.25, 0.3) is 16.9 Å². The first-order chi connectivity index (χ1) is 14.2. The molecule has 5 rings (SSSR count). The van der Waals surface area contributed by atoms with E-state index in [0.717, 1.165) is 24.3 Å². The number of hydrogen-bond donors (Lipinski definition) is 2. The zero-order valence-corrected chi connectivity index (χ0v) is 16.4. The number of benzene rings is 1. The van der Waals surface area contributed by atoms with Gasteiger partial charge in [0.1, 0.15) is 5.75 Å². The maximum Gasteiger partial charge on any atom is 0.151 e. The van der Waals surface area contributed by atoms with E-state index < -0.39 is 0 Å². The van der Waals surface area contributed by atoms with Crippen molar-refractivity contribution in [3.05, 3.63) is 42.7 Å². The van der Waals surface area contributed by atoms with Gasteiger partial charge in [-0.05, 0) is 49.9 Å². The molecule has 0 aliphatic carbocycles. The standard InChI is InChI=1S/C21H25N7O/c1-27(17-11-14-3-2-4-15(12-17)23-14)21-8-7-19(24-25-21)18-6-5-16(13-20(18)29)28-10-9-22-26-28/h5-10,13-15,17,23,29H,2-4,11-12H2,1H3/t14-,15+,17+. The van der Waals surface area contributed by atoms with Crippen molar-refractivity contribution in [1.82, 2.24) is 30.5 Å². The second-order valence-electron chi connectivity index (χ2n) is 8.05. The Morgan fingerprint density at radius 2 is 1.93 bits per heavy atom. The average Bonchev–Trinajstić information content (AvgIpc) is 3.28. The van der Waals surface area contributed by atoms with E-state index in [9.17, 15) is 5.11 Å². The maximum absolute atomic E-state index is 10.5. The third-order valence-corrected chi connectivity index (χ3v) is 6.19. The number of piperidine rings is 2. The van der Waals surface area contributed by atoms with Crippen LogP contribution in [0.15, 0.2) is 42.7 Å². The van der Waals surface area contributed by atoms with Gasteiger partial charge in [-0.15, -0.1) is 15.3 Å². The van der Waals surface area contributed by atoms with Crippen molar-refractivity contribution in [3.63, 3.8) is 0 Å². The molecule has 2 aromatic heterocycles. The second-order valence-corrected chi connectivity index (χ2v) is 8.05. The molecule has 150 valence electrons. The molecule has 3 atom stereocenters. The van der Waals surface area contributed by atoms with Gasteiger partial charge in [-0.1, -0.05) is 11.6 Å². The van der Waals surface area contributed by atoms with Crippen molar-refractivity contribution in [2.24, 2.45) is 0 Å². The van der Waals surface area contributed by atoms with Crippen molar-refractivity contribution in [3.8, 4) is 22.7 Å². The number of phenols is 1. The molecule has 8 nitrogen and oxygen atoms in total. The van der Waals surface area contributed by atoms with Gasteiger partial charge in [0.15, 0.2) is 5.82 Å². The highest BCUT2D eigenvalue weighted by Crippen LogP contribution is 2.32. The van der Waals surface area contributed by atoms with E-state index >= 15 is 0 Å². The number of phenolic OH excluding ortho intramolecular Hbond substituents is 1. The van der Waals surface area contributed by atoms with Crippen LogP contribution in [0.3, 0.4) is 0 Å². The summed E-state index contributed by atoms with van der Waals surface area (Å²) in [6, 6.07) is 11.0. The normalized spacial score (nSPS) is 23.7. The number of fused-ring (bicyclic) bond motifs is 2. The Balaban J connectivity index is 1.33. The van der Waals surface area contributed by atoms with Crippen LogP contribution in [0.4, 0.5) is 5.82 Å². The third-order valence-electron chi connectivity index (χ3n) is 6.19. The Hall–Kier alpha value is -3.00. The Morgan fingerprint density at radius 3 is 2.59 bits per heavy atom. The number of nitrogens with zero attached hydrogens (tertiary/aromatic N) is 6. The van der Waals surface area contributed by atoms with E-state index in [1.807, 2.05) is 24.3 Å². The van der Waals surface area contributed by atoms with Crippen molar-refractivity contribution < 1.29 is 5.11 Å². The monoisotopic (exact) mass is 391 g/mol. The van der Waals surface area contributed by atoms with E-state index in [0.29, 0.717) is 29.4 Å². The minimum Gasteiger partial charge on any atom is -0.507 e. The molecule has 0 spiro atoms. The van der Waals surface area contributed by atoms with E-state index in [1.165, 1.54) is 19.3 Å². The molecule has 0 unspecified atom stereocenters. The van der Waals surface area contributed by atoms with Crippen LogP contribution in [-0.2, 0) is 0 Å². The zero-order chi connectivity index (χ0) is 19.8. The highest BCUT2D eigenvalue weighted by Gasteiger charge is 2.33. The van der Waals surface area contributed by atoms with Gasteiger partial charge >= 0.3 is 0 Å². The van der Waals surface area contributed by atoms with Gasteiger partial charge in [0.2, 0.25) is 0 Å². The smallest absolute Gasteiger partial charge is 0.151 e. The summed E-state index contributed by atoms with van der Waals surface area (Å²) in [6.07, 6.45) is 9.52. The Kier molecular flexibility index (Phi) is 4.63. The van der Waals surface area contributed by atoms with Crippen LogP contribution in [-0.4, -0.2) is 55.5 Å². The van der Waals surface area contributed by atoms with Gasteiger partial charge in [-0.2, -0.15) is 0 Å². The SMILES string of the molecule is CN(c1ccc(-c2ccc(-n3ccnn3)cc2O)nn1)[C@H]1C[C@H]2CCC[C@@H](C1)N2. The number of hydrogen-bond acceptors (Lipinski definition) is 7. The van der Waals surface area contributed by atoms with E-state index in [2.05, 4.69) is 37.8 Å². The Labute approximate surface area is 169 Å². The first-order valence-electron chi connectivity index (χ1n) is 10.2. The number of aromatic nitrogens is 5. The summed E-state index contributed by atoms with van der Waals surface area (Å²) in [6.45, 7) is 0. The van der Waals surface area contributed by atoms with Crippen molar-refractivity contribution in [2.45, 2.75) is 50.2 Å². The number of aromatic hydroxyl groups is 1. The molecule has 8 heteroatoms. The van der Waals surface area contributed by atoms with E-state index in [1.54, 1.807) is 23.1 Å². The van der Waals surface area contributed by atoms with Crippen LogP contribution in [0, 0.1) is 0 Å². The van der Waals surface area contributed by atoms with E-state index in [-0.39, 0.29) is 5.75 Å². The second kappa shape index (κ2) is 7.44. The van der Waals surface area contributed by atoms with Crippen LogP contribution < -0.4 is 10.2 Å². The first kappa shape index (κ1) is 18.1. The first-order valence-corrected chi connectivity index (χ1v) is 10.2. The molecule has 2 N–H and O–H groups in total. The fraction of sp³-hybridized carbons (Fsp3) is 0.429. The Morgan fingerprint density at radius 1 is 1.10 bits per heavy atom. The van der Waals surface area contributed by atoms with Crippen molar-refractivity contribution >= 4 is 5.82 Å². The number of nitrogens with one attached hydrogen (secondary N) is 1. The molecule has 29 heavy (non-hydrogen) atoms. The fourth-order valence-corrected chi connectivity index (χ4v) is 4.62. The average molecular weight is 391 g/mol. The van der Waals surface area contributed by atoms with Crippen LogP contribution in [0.5, 0.6) is 5.75 Å². The van der Waals surface area contributed by atoms with Gasteiger partial charge in [0.25, 0.3) is 0 Å². The lowest BCUT2D eigenvalue weighted by molar-refractivity contribution is 0.219. The van der Waals surface area contributed by atoms with Crippen LogP contribution in [0.2, 0.25) is 0 Å². The molecule has 0 amide bonds. The van der Waals surface area contributed by atoms with Crippen LogP contribution in [0.1, 0.15) is 32.1 Å². The summed E-state index contributed by atoms with van der Waals surface area (Å²) < 4.78 is 1.60. The van der Waals surface area contributed by atoms with Crippen molar-refractivity contribution in [2.75, 3.05) is 11.9 Å². The van der Waals surface area contributed by atoms with Crippen LogP contribution >= 0.6 is 0 Å². The number of rotatable bonds is 4. The molecule has 2 aliphatic heterocycles. The predicted octanol–water partition coefficient (Wildman–Crippen LogP) is 2.54. The summed E-state index contributed by atoms with van der Waals surface area (Å²) in [5, 5.41) is 30.8. The molecular weight excluding hydrogens is 366 g/mol. The third kappa shape index (κ3) is 3.55. The molecule has 1 aromatic carbocycles. The summed E-state index contributed by atoms with van der Waals surface area (Å²) in [7, 11) is 2.11. The molecule has 0 radical (unpaired) electrons. The minimum atomic E-state index is 0.139. The molecule has 4 heterocycles.